The smallest absolute Gasteiger partial charge is 0.167 e. The van der Waals surface area contributed by atoms with Crippen molar-refractivity contribution in [3.63, 3.8) is 0 Å². The summed E-state index contributed by atoms with van der Waals surface area (Å²) in [5.74, 6) is 0.523. The van der Waals surface area contributed by atoms with E-state index in [1.165, 1.54) is 0 Å². The molecule has 1 fully saturated rings. The van der Waals surface area contributed by atoms with Crippen molar-refractivity contribution >= 4 is 21.7 Å². The van der Waals surface area contributed by atoms with Gasteiger partial charge in [-0.2, -0.15) is 5.10 Å². The molecule has 0 spiro atoms. The number of rotatable bonds is 3. The van der Waals surface area contributed by atoms with Crippen LogP contribution in [0.25, 0.3) is 0 Å². The van der Waals surface area contributed by atoms with Crippen LogP contribution >= 0.6 is 15.9 Å². The Kier molecular flexibility index (Phi) is 3.21. The zero-order valence-electron chi connectivity index (χ0n) is 8.57. The van der Waals surface area contributed by atoms with Gasteiger partial charge < -0.3 is 4.74 Å². The summed E-state index contributed by atoms with van der Waals surface area (Å²) >= 11 is 3.35. The predicted octanol–water partition coefficient (Wildman–Crippen LogP) is 1.79. The maximum Gasteiger partial charge on any atom is 0.167 e. The highest BCUT2D eigenvalue weighted by Gasteiger charge is 2.22. The number of Topliss-reactive ketones (excluding diaryl/α,β-unsaturated/α-hetero) is 1. The Labute approximate surface area is 96.7 Å². The number of carbonyl (C=O) groups is 1. The van der Waals surface area contributed by atoms with Crippen LogP contribution < -0.4 is 0 Å². The zero-order chi connectivity index (χ0) is 10.8. The molecule has 82 valence electrons. The van der Waals surface area contributed by atoms with Crippen molar-refractivity contribution in [1.29, 1.82) is 0 Å². The lowest BCUT2D eigenvalue weighted by atomic mass is 9.99. The normalized spacial score (nSPS) is 20.8. The topological polar surface area (TPSA) is 44.1 Å². The molecule has 1 unspecified atom stereocenters. The molecule has 0 N–H and O–H groups in total. The van der Waals surface area contributed by atoms with Gasteiger partial charge in [-0.3, -0.25) is 9.48 Å². The molecule has 2 heterocycles. The van der Waals surface area contributed by atoms with E-state index in [0.717, 1.165) is 17.6 Å². The van der Waals surface area contributed by atoms with Crippen LogP contribution in [0.15, 0.2) is 10.8 Å². The molecule has 1 saturated heterocycles. The Morgan fingerprint density at radius 3 is 3.13 bits per heavy atom. The average Bonchev–Trinajstić information content (AvgIpc) is 2.79. The summed E-state index contributed by atoms with van der Waals surface area (Å²) in [6.45, 7) is 1.50. The second kappa shape index (κ2) is 4.45. The van der Waals surface area contributed by atoms with Gasteiger partial charge >= 0.3 is 0 Å². The number of carbonyl (C=O) groups excluding carboxylic acids is 1. The standard InChI is InChI=1S/C10H13BrN2O2/c1-13-10(11)8(5-12-13)9(14)4-7-2-3-15-6-7/h5,7H,2-4,6H2,1H3. The Bertz CT molecular complexity index is 369. The maximum absolute atomic E-state index is 11.9. The van der Waals surface area contributed by atoms with Crippen molar-refractivity contribution in [3.8, 4) is 0 Å². The third kappa shape index (κ3) is 2.29. The lowest BCUT2D eigenvalue weighted by Crippen LogP contribution is -2.08. The first-order chi connectivity index (χ1) is 7.18. The van der Waals surface area contributed by atoms with Gasteiger partial charge in [0.1, 0.15) is 4.60 Å². The van der Waals surface area contributed by atoms with Crippen LogP contribution in [-0.2, 0) is 11.8 Å². The molecular weight excluding hydrogens is 260 g/mol. The molecule has 0 amide bonds. The fraction of sp³-hybridized carbons (Fsp3) is 0.600. The quantitative estimate of drug-likeness (QED) is 0.789. The largest absolute Gasteiger partial charge is 0.381 e. The summed E-state index contributed by atoms with van der Waals surface area (Å²) in [7, 11) is 1.81. The van der Waals surface area contributed by atoms with E-state index in [1.807, 2.05) is 0 Å². The number of nitrogens with zero attached hydrogens (tertiary/aromatic N) is 2. The summed E-state index contributed by atoms with van der Waals surface area (Å²) in [5.41, 5.74) is 0.671. The fourth-order valence-corrected chi connectivity index (χ4v) is 2.14. The van der Waals surface area contributed by atoms with Crippen molar-refractivity contribution in [2.75, 3.05) is 13.2 Å². The lowest BCUT2D eigenvalue weighted by molar-refractivity contribution is 0.0952. The highest BCUT2D eigenvalue weighted by Crippen LogP contribution is 2.22. The van der Waals surface area contributed by atoms with E-state index in [2.05, 4.69) is 21.0 Å². The molecule has 0 aliphatic carbocycles. The number of hydrogen-bond donors (Lipinski definition) is 0. The van der Waals surface area contributed by atoms with E-state index in [0.29, 0.717) is 24.5 Å². The molecule has 1 aliphatic heterocycles. The highest BCUT2D eigenvalue weighted by atomic mass is 79.9. The zero-order valence-corrected chi connectivity index (χ0v) is 10.2. The summed E-state index contributed by atoms with van der Waals surface area (Å²) in [5, 5.41) is 4.03. The van der Waals surface area contributed by atoms with Gasteiger partial charge in [-0.05, 0) is 28.3 Å². The van der Waals surface area contributed by atoms with Crippen LogP contribution in [0, 0.1) is 5.92 Å². The van der Waals surface area contributed by atoms with E-state index in [-0.39, 0.29) is 5.78 Å². The molecule has 1 aromatic rings. The van der Waals surface area contributed by atoms with E-state index in [1.54, 1.807) is 17.9 Å². The van der Waals surface area contributed by atoms with E-state index >= 15 is 0 Å². The first-order valence-electron chi connectivity index (χ1n) is 4.97. The van der Waals surface area contributed by atoms with Crippen LogP contribution in [-0.4, -0.2) is 28.8 Å². The van der Waals surface area contributed by atoms with Gasteiger partial charge in [-0.25, -0.2) is 0 Å². The van der Waals surface area contributed by atoms with Crippen molar-refractivity contribution in [2.24, 2.45) is 13.0 Å². The molecule has 0 bridgehead atoms. The third-order valence-corrected chi connectivity index (χ3v) is 3.61. The number of aryl methyl sites for hydroxylation is 1. The minimum absolute atomic E-state index is 0.144. The summed E-state index contributed by atoms with van der Waals surface area (Å²) in [6, 6.07) is 0. The van der Waals surface area contributed by atoms with E-state index in [9.17, 15) is 4.79 Å². The van der Waals surface area contributed by atoms with Crippen LogP contribution in [0.1, 0.15) is 23.2 Å². The Morgan fingerprint density at radius 1 is 1.80 bits per heavy atom. The van der Waals surface area contributed by atoms with Gasteiger partial charge in [0.25, 0.3) is 0 Å². The van der Waals surface area contributed by atoms with Crippen molar-refractivity contribution < 1.29 is 9.53 Å². The number of hydrogen-bond acceptors (Lipinski definition) is 3. The van der Waals surface area contributed by atoms with Crippen LogP contribution in [0.5, 0.6) is 0 Å². The molecule has 5 heteroatoms. The van der Waals surface area contributed by atoms with Crippen LogP contribution in [0.3, 0.4) is 0 Å². The highest BCUT2D eigenvalue weighted by molar-refractivity contribution is 9.10. The van der Waals surface area contributed by atoms with Gasteiger partial charge in [-0.1, -0.05) is 0 Å². The molecule has 2 rings (SSSR count). The van der Waals surface area contributed by atoms with Crippen LogP contribution in [0.4, 0.5) is 0 Å². The molecule has 0 radical (unpaired) electrons. The Hall–Kier alpha value is -0.680. The predicted molar refractivity (Wildman–Crippen MR) is 58.8 cm³/mol. The van der Waals surface area contributed by atoms with E-state index in [4.69, 9.17) is 4.74 Å². The first kappa shape index (κ1) is 10.8. The molecule has 1 atom stereocenters. The maximum atomic E-state index is 11.9. The number of aromatic nitrogens is 2. The fourth-order valence-electron chi connectivity index (χ4n) is 1.73. The second-order valence-corrected chi connectivity index (χ2v) is 4.58. The third-order valence-electron chi connectivity index (χ3n) is 2.66. The minimum Gasteiger partial charge on any atom is -0.381 e. The summed E-state index contributed by atoms with van der Waals surface area (Å²) in [4.78, 5) is 11.9. The van der Waals surface area contributed by atoms with Gasteiger partial charge in [-0.15, -0.1) is 0 Å². The summed E-state index contributed by atoms with van der Waals surface area (Å²) < 4.78 is 7.65. The first-order valence-corrected chi connectivity index (χ1v) is 5.76. The molecule has 1 aromatic heterocycles. The molecule has 15 heavy (non-hydrogen) atoms. The van der Waals surface area contributed by atoms with Gasteiger partial charge in [0.15, 0.2) is 5.78 Å². The van der Waals surface area contributed by atoms with E-state index < -0.39 is 0 Å². The number of ketones is 1. The minimum atomic E-state index is 0.144. The molecule has 0 aromatic carbocycles. The SMILES string of the molecule is Cn1ncc(C(=O)CC2CCOC2)c1Br. The number of ether oxygens (including phenoxy) is 1. The van der Waals surface area contributed by atoms with Crippen LogP contribution in [0.2, 0.25) is 0 Å². The average molecular weight is 273 g/mol. The monoisotopic (exact) mass is 272 g/mol. The lowest BCUT2D eigenvalue weighted by Gasteiger charge is -2.04. The summed E-state index contributed by atoms with van der Waals surface area (Å²) in [6.07, 6.45) is 3.16. The second-order valence-electron chi connectivity index (χ2n) is 3.83. The Balaban J connectivity index is 2.04. The van der Waals surface area contributed by atoms with Gasteiger partial charge in [0.05, 0.1) is 11.8 Å². The van der Waals surface area contributed by atoms with Gasteiger partial charge in [0, 0.05) is 26.7 Å². The molecule has 1 aliphatic rings. The van der Waals surface area contributed by atoms with Crippen molar-refractivity contribution in [3.05, 3.63) is 16.4 Å². The molecule has 4 nitrogen and oxygen atoms in total. The number of halogens is 1. The Morgan fingerprint density at radius 2 is 2.60 bits per heavy atom. The van der Waals surface area contributed by atoms with Crippen molar-refractivity contribution in [2.45, 2.75) is 12.8 Å². The van der Waals surface area contributed by atoms with Crippen molar-refractivity contribution in [1.82, 2.24) is 9.78 Å². The molecular formula is C10H13BrN2O2. The molecule has 0 saturated carbocycles. The van der Waals surface area contributed by atoms with Gasteiger partial charge in [0.2, 0.25) is 0 Å².